The Morgan fingerprint density at radius 1 is 0.872 bits per heavy atom. The zero-order valence-electron chi connectivity index (χ0n) is 28.8. The summed E-state index contributed by atoms with van der Waals surface area (Å²) in [5, 5.41) is 4.58. The largest absolute Gasteiger partial charge is 0.493 e. The first-order valence-corrected chi connectivity index (χ1v) is 18.7. The van der Waals surface area contributed by atoms with Gasteiger partial charge >= 0.3 is 5.97 Å². The second kappa shape index (κ2) is 17.2. The molecule has 3 heterocycles. The van der Waals surface area contributed by atoms with Crippen LogP contribution in [0.2, 0.25) is 0 Å². The number of sulfonamides is 1. The summed E-state index contributed by atoms with van der Waals surface area (Å²) in [6, 6.07) is 4.54. The van der Waals surface area contributed by atoms with Crippen molar-refractivity contribution in [3.8, 4) is 17.1 Å². The Labute approximate surface area is 279 Å². The molecule has 0 saturated carbocycles. The summed E-state index contributed by atoms with van der Waals surface area (Å²) in [4.78, 5) is 39.4. The number of nitrogens with zero attached hydrogens (tertiary/aromatic N) is 6. The van der Waals surface area contributed by atoms with Crippen molar-refractivity contribution in [2.75, 3.05) is 39.8 Å². The number of ether oxygens (including phenoxy) is 1. The lowest BCUT2D eigenvalue weighted by Crippen LogP contribution is -2.47. The van der Waals surface area contributed by atoms with E-state index < -0.39 is 21.6 Å². The Kier molecular flexibility index (Phi) is 13.4. The van der Waals surface area contributed by atoms with Crippen LogP contribution < -0.4 is 15.1 Å². The third-order valence-electron chi connectivity index (χ3n) is 8.65. The van der Waals surface area contributed by atoms with Gasteiger partial charge in [0.1, 0.15) is 11.3 Å². The zero-order chi connectivity index (χ0) is 34.0. The molecule has 4 rings (SSSR count). The molecule has 0 aliphatic carbocycles. The van der Waals surface area contributed by atoms with Gasteiger partial charge in [-0.3, -0.25) is 9.48 Å². The molecule has 260 valence electrons. The van der Waals surface area contributed by atoms with Gasteiger partial charge in [0.25, 0.3) is 5.56 Å². The van der Waals surface area contributed by atoms with Crippen molar-refractivity contribution in [2.24, 2.45) is 7.05 Å². The molecule has 2 aromatic heterocycles. The van der Waals surface area contributed by atoms with Gasteiger partial charge in [-0.1, -0.05) is 71.6 Å². The smallest absolute Gasteiger partial charge is 0.333 e. The summed E-state index contributed by atoms with van der Waals surface area (Å²) in [7, 11) is -0.243. The number of rotatable bonds is 18. The maximum Gasteiger partial charge on any atom is 0.333 e. The molecule has 1 aromatic carbocycles. The van der Waals surface area contributed by atoms with E-state index in [2.05, 4.69) is 21.9 Å². The highest BCUT2D eigenvalue weighted by atomic mass is 32.2. The molecule has 1 fully saturated rings. The molecule has 0 atom stereocenters. The maximum absolute atomic E-state index is 13.8. The van der Waals surface area contributed by atoms with Gasteiger partial charge in [-0.15, -0.1) is 0 Å². The second-order valence-corrected chi connectivity index (χ2v) is 14.3. The topological polar surface area (TPSA) is 129 Å². The average Bonchev–Trinajstić information content (AvgIpc) is 3.38. The summed E-state index contributed by atoms with van der Waals surface area (Å²) in [5.41, 5.74) is 0.809. The van der Waals surface area contributed by atoms with Crippen molar-refractivity contribution in [3.63, 3.8) is 0 Å². The number of fused-ring (bicyclic) bond motifs is 1. The average molecular weight is 673 g/mol. The molecular weight excluding hydrogens is 620 g/mol. The van der Waals surface area contributed by atoms with Crippen molar-refractivity contribution in [1.29, 1.82) is 0 Å². The molecule has 1 saturated heterocycles. The van der Waals surface area contributed by atoms with E-state index in [-0.39, 0.29) is 34.8 Å². The fraction of sp³-hybridized carbons (Fsp3) is 0.647. The van der Waals surface area contributed by atoms with Gasteiger partial charge in [0.05, 0.1) is 22.8 Å². The van der Waals surface area contributed by atoms with Crippen LogP contribution in [-0.4, -0.2) is 82.9 Å². The van der Waals surface area contributed by atoms with E-state index in [1.54, 1.807) is 13.1 Å². The quantitative estimate of drug-likeness (QED) is 0.172. The molecule has 0 bridgehead atoms. The highest BCUT2D eigenvalue weighted by Crippen LogP contribution is 2.34. The molecule has 1 aliphatic rings. The lowest BCUT2D eigenvalue weighted by Gasteiger charge is -2.31. The molecular formula is C34H52N6O6S. The Hall–Kier alpha value is -3.29. The minimum atomic E-state index is -3.86. The molecule has 1 aliphatic heterocycles. The van der Waals surface area contributed by atoms with Crippen LogP contribution in [0.1, 0.15) is 97.1 Å². The SMILES string of the molecule is CCCCCCCCCCCC(=O)On1c(-c2cc(S(=O)(=O)N3CCN(C)CC3)ccc2OCC)nc(=O)c2c1c(CCC)nn2C. The number of unbranched alkanes of at least 4 members (excludes halogenated alkanes) is 8. The van der Waals surface area contributed by atoms with Gasteiger partial charge in [-0.25, -0.2) is 13.2 Å². The van der Waals surface area contributed by atoms with Crippen molar-refractivity contribution < 1.29 is 22.8 Å². The van der Waals surface area contributed by atoms with E-state index >= 15 is 0 Å². The zero-order valence-corrected chi connectivity index (χ0v) is 29.6. The van der Waals surface area contributed by atoms with Gasteiger partial charge in [-0.05, 0) is 45.0 Å². The van der Waals surface area contributed by atoms with Gasteiger partial charge in [0.2, 0.25) is 10.0 Å². The highest BCUT2D eigenvalue weighted by molar-refractivity contribution is 7.89. The van der Waals surface area contributed by atoms with E-state index in [1.807, 2.05) is 20.9 Å². The summed E-state index contributed by atoms with van der Waals surface area (Å²) in [6.07, 6.45) is 11.5. The maximum atomic E-state index is 13.8. The van der Waals surface area contributed by atoms with E-state index in [9.17, 15) is 18.0 Å². The lowest BCUT2D eigenvalue weighted by molar-refractivity contribution is -0.143. The standard InChI is InChI=1S/C34H52N6O6S/c1-6-9-10-11-12-13-14-15-16-18-30(41)46-40-31-28(17-7-2)36-38(5)32(31)34(42)35-33(40)27-25-26(19-20-29(27)45-8-3)47(43,44)39-23-21-37(4)22-24-39/h19-20,25H,6-18,21-24H2,1-5H3. The number of carbonyl (C=O) groups excluding carboxylic acids is 1. The number of aromatic nitrogens is 4. The molecule has 12 nitrogen and oxygen atoms in total. The molecule has 0 unspecified atom stereocenters. The number of aryl methyl sites for hydroxylation is 2. The first kappa shape index (κ1) is 36.5. The fourth-order valence-corrected chi connectivity index (χ4v) is 7.47. The van der Waals surface area contributed by atoms with Crippen LogP contribution in [0.4, 0.5) is 0 Å². The minimum Gasteiger partial charge on any atom is -0.493 e. The van der Waals surface area contributed by atoms with E-state index in [0.717, 1.165) is 25.7 Å². The summed E-state index contributed by atoms with van der Waals surface area (Å²) in [6.45, 7) is 8.29. The first-order chi connectivity index (χ1) is 22.6. The second-order valence-electron chi connectivity index (χ2n) is 12.4. The first-order valence-electron chi connectivity index (χ1n) is 17.3. The Balaban J connectivity index is 1.71. The van der Waals surface area contributed by atoms with E-state index in [1.165, 1.54) is 58.0 Å². The van der Waals surface area contributed by atoms with Crippen molar-refractivity contribution in [3.05, 3.63) is 34.2 Å². The number of likely N-dealkylation sites (N-methyl/N-ethyl adjacent to an activating group) is 1. The molecule has 0 radical (unpaired) electrons. The molecule has 13 heteroatoms. The Morgan fingerprint density at radius 2 is 1.53 bits per heavy atom. The van der Waals surface area contributed by atoms with Crippen LogP contribution in [0.25, 0.3) is 22.4 Å². The third kappa shape index (κ3) is 8.99. The lowest BCUT2D eigenvalue weighted by atomic mass is 10.1. The molecule has 0 N–H and O–H groups in total. The van der Waals surface area contributed by atoms with Crippen LogP contribution in [0.3, 0.4) is 0 Å². The van der Waals surface area contributed by atoms with Crippen LogP contribution in [0.15, 0.2) is 27.9 Å². The number of hydrogen-bond donors (Lipinski definition) is 0. The summed E-state index contributed by atoms with van der Waals surface area (Å²) in [5.74, 6) is -0.153. The van der Waals surface area contributed by atoms with E-state index in [4.69, 9.17) is 9.57 Å². The van der Waals surface area contributed by atoms with Gasteiger partial charge in [0.15, 0.2) is 11.3 Å². The predicted octanol–water partition coefficient (Wildman–Crippen LogP) is 4.96. The number of benzene rings is 1. The molecule has 3 aromatic rings. The van der Waals surface area contributed by atoms with Crippen LogP contribution in [0, 0.1) is 0 Å². The molecule has 0 spiro atoms. The minimum absolute atomic E-state index is 0.00726. The van der Waals surface area contributed by atoms with Crippen molar-refractivity contribution >= 4 is 27.0 Å². The monoisotopic (exact) mass is 672 g/mol. The molecule has 0 amide bonds. The van der Waals surface area contributed by atoms with Crippen molar-refractivity contribution in [1.82, 2.24) is 28.7 Å². The highest BCUT2D eigenvalue weighted by Gasteiger charge is 2.30. The van der Waals surface area contributed by atoms with Crippen LogP contribution in [0.5, 0.6) is 5.75 Å². The summed E-state index contributed by atoms with van der Waals surface area (Å²) < 4.78 is 37.6. The van der Waals surface area contributed by atoms with Gasteiger partial charge in [0, 0.05) is 39.6 Å². The third-order valence-corrected chi connectivity index (χ3v) is 10.5. The van der Waals surface area contributed by atoms with Crippen LogP contribution in [-0.2, 0) is 28.3 Å². The number of piperazine rings is 1. The summed E-state index contributed by atoms with van der Waals surface area (Å²) >= 11 is 0. The predicted molar refractivity (Wildman–Crippen MR) is 183 cm³/mol. The Bertz CT molecular complexity index is 1660. The molecule has 47 heavy (non-hydrogen) atoms. The number of carbonyl (C=O) groups is 1. The van der Waals surface area contributed by atoms with Crippen LogP contribution >= 0.6 is 0 Å². The normalized spacial score (nSPS) is 14.6. The van der Waals surface area contributed by atoms with Crippen molar-refractivity contribution in [2.45, 2.75) is 103 Å². The number of hydrogen-bond acceptors (Lipinski definition) is 9. The van der Waals surface area contributed by atoms with Gasteiger partial charge in [-0.2, -0.15) is 19.1 Å². The Morgan fingerprint density at radius 3 is 2.17 bits per heavy atom. The van der Waals surface area contributed by atoms with Gasteiger partial charge < -0.3 is 14.5 Å². The fourth-order valence-electron chi connectivity index (χ4n) is 6.02. The van der Waals surface area contributed by atoms with E-state index in [0.29, 0.717) is 56.0 Å².